The Morgan fingerprint density at radius 1 is 1.32 bits per heavy atom. The van der Waals surface area contributed by atoms with Crippen LogP contribution in [0.3, 0.4) is 0 Å². The molecule has 1 unspecified atom stereocenters. The molecule has 28 heavy (non-hydrogen) atoms. The Bertz CT molecular complexity index is 649. The molecule has 0 saturated carbocycles. The summed E-state index contributed by atoms with van der Waals surface area (Å²) in [5, 5.41) is 6.74. The van der Waals surface area contributed by atoms with Crippen molar-refractivity contribution in [2.75, 3.05) is 50.0 Å². The molecule has 0 radical (unpaired) electrons. The van der Waals surface area contributed by atoms with E-state index in [1.807, 2.05) is 28.8 Å². The molecular formula is C20H32FIN4OS. The highest BCUT2D eigenvalue weighted by molar-refractivity contribution is 14.0. The van der Waals surface area contributed by atoms with Crippen LogP contribution in [0.15, 0.2) is 23.2 Å². The van der Waals surface area contributed by atoms with E-state index in [-0.39, 0.29) is 34.5 Å². The largest absolute Gasteiger partial charge is 0.378 e. The summed E-state index contributed by atoms with van der Waals surface area (Å²) >= 11 is 2.03. The van der Waals surface area contributed by atoms with Crippen molar-refractivity contribution in [3.63, 3.8) is 0 Å². The highest BCUT2D eigenvalue weighted by Gasteiger charge is 2.29. The lowest BCUT2D eigenvalue weighted by atomic mass is 10.1. The lowest BCUT2D eigenvalue weighted by Gasteiger charge is -2.29. The predicted octanol–water partition coefficient (Wildman–Crippen LogP) is 3.62. The Balaban J connectivity index is 0.00000280. The van der Waals surface area contributed by atoms with E-state index in [1.54, 1.807) is 6.07 Å². The first-order chi connectivity index (χ1) is 13.1. The zero-order valence-corrected chi connectivity index (χ0v) is 19.9. The van der Waals surface area contributed by atoms with Crippen LogP contribution < -0.4 is 15.5 Å². The van der Waals surface area contributed by atoms with E-state index in [4.69, 9.17) is 4.74 Å². The fraction of sp³-hybridized carbons (Fsp3) is 0.650. The molecule has 8 heteroatoms. The summed E-state index contributed by atoms with van der Waals surface area (Å²) in [4.78, 5) is 6.68. The smallest absolute Gasteiger partial charge is 0.191 e. The number of ether oxygens (including phenoxy) is 1. The van der Waals surface area contributed by atoms with Crippen LogP contribution in [-0.2, 0) is 11.3 Å². The number of hydrogen-bond acceptors (Lipinski definition) is 4. The summed E-state index contributed by atoms with van der Waals surface area (Å²) in [6.07, 6.45) is 2.52. The summed E-state index contributed by atoms with van der Waals surface area (Å²) in [5.74, 6) is 1.85. The lowest BCUT2D eigenvalue weighted by Crippen LogP contribution is -2.43. The van der Waals surface area contributed by atoms with E-state index < -0.39 is 0 Å². The van der Waals surface area contributed by atoms with Crippen LogP contribution in [0, 0.1) is 5.82 Å². The second kappa shape index (κ2) is 11.4. The van der Waals surface area contributed by atoms with Crippen molar-refractivity contribution in [3.8, 4) is 0 Å². The summed E-state index contributed by atoms with van der Waals surface area (Å²) in [7, 11) is 0. The molecule has 0 spiro atoms. The van der Waals surface area contributed by atoms with Crippen molar-refractivity contribution >= 4 is 47.4 Å². The number of nitrogens with one attached hydrogen (secondary N) is 2. The zero-order valence-electron chi connectivity index (χ0n) is 16.8. The normalized spacial score (nSPS) is 22.7. The van der Waals surface area contributed by atoms with Gasteiger partial charge in [0, 0.05) is 30.9 Å². The minimum absolute atomic E-state index is 0. The van der Waals surface area contributed by atoms with E-state index >= 15 is 0 Å². The monoisotopic (exact) mass is 522 g/mol. The van der Waals surface area contributed by atoms with Gasteiger partial charge in [-0.25, -0.2) is 9.38 Å². The maximum atomic E-state index is 14.5. The molecule has 2 aliphatic heterocycles. The van der Waals surface area contributed by atoms with Gasteiger partial charge in [-0.15, -0.1) is 24.0 Å². The molecule has 0 amide bonds. The van der Waals surface area contributed by atoms with E-state index in [2.05, 4.69) is 29.5 Å². The van der Waals surface area contributed by atoms with Gasteiger partial charge < -0.3 is 20.3 Å². The molecule has 3 rings (SSSR count). The average molecular weight is 522 g/mol. The van der Waals surface area contributed by atoms with Gasteiger partial charge in [-0.1, -0.05) is 6.07 Å². The SMILES string of the molecule is CCNC(=NCc1ccc(N2CCOCC2)c(F)c1)NCC1(C)CCCS1.I. The standard InChI is InChI=1S/C20H31FN4OS.HI/c1-3-22-19(24-15-20(2)7-4-12-27-20)23-14-16-5-6-18(17(21)13-16)25-8-10-26-11-9-25;/h5-6,13H,3-4,7-12,14-15H2,1-2H3,(H2,22,23,24);1H. The molecule has 1 aromatic carbocycles. The predicted molar refractivity (Wildman–Crippen MR) is 128 cm³/mol. The van der Waals surface area contributed by atoms with Crippen LogP contribution >= 0.6 is 35.7 Å². The van der Waals surface area contributed by atoms with E-state index in [1.165, 1.54) is 18.6 Å². The first-order valence-electron chi connectivity index (χ1n) is 9.87. The van der Waals surface area contributed by atoms with Crippen LogP contribution in [0.2, 0.25) is 0 Å². The fourth-order valence-electron chi connectivity index (χ4n) is 3.47. The quantitative estimate of drug-likeness (QED) is 0.340. The Kier molecular flexibility index (Phi) is 9.62. The molecule has 0 aromatic heterocycles. The molecule has 2 saturated heterocycles. The Labute approximate surface area is 189 Å². The minimum atomic E-state index is -0.183. The summed E-state index contributed by atoms with van der Waals surface area (Å²) < 4.78 is 20.2. The van der Waals surface area contributed by atoms with Gasteiger partial charge in [0.1, 0.15) is 5.82 Å². The molecule has 2 heterocycles. The molecule has 2 N–H and O–H groups in total. The number of rotatable bonds is 6. The zero-order chi connectivity index (χ0) is 19.1. The number of thioether (sulfide) groups is 1. The van der Waals surface area contributed by atoms with Crippen molar-refractivity contribution in [1.29, 1.82) is 0 Å². The van der Waals surface area contributed by atoms with Crippen LogP contribution in [0.5, 0.6) is 0 Å². The van der Waals surface area contributed by atoms with Crippen LogP contribution in [0.25, 0.3) is 0 Å². The Morgan fingerprint density at radius 2 is 2.11 bits per heavy atom. The molecule has 0 bridgehead atoms. The third-order valence-electron chi connectivity index (χ3n) is 5.06. The van der Waals surface area contributed by atoms with Gasteiger partial charge in [-0.3, -0.25) is 0 Å². The highest BCUT2D eigenvalue weighted by atomic mass is 127. The lowest BCUT2D eigenvalue weighted by molar-refractivity contribution is 0.122. The van der Waals surface area contributed by atoms with Gasteiger partial charge in [0.2, 0.25) is 0 Å². The Morgan fingerprint density at radius 3 is 2.75 bits per heavy atom. The second-order valence-corrected chi connectivity index (χ2v) is 9.02. The minimum Gasteiger partial charge on any atom is -0.378 e. The number of aliphatic imine (C=N–C) groups is 1. The summed E-state index contributed by atoms with van der Waals surface area (Å²) in [6.45, 7) is 9.30. The second-order valence-electron chi connectivity index (χ2n) is 7.34. The molecular weight excluding hydrogens is 490 g/mol. The number of anilines is 1. The number of halogens is 2. The molecule has 2 aliphatic rings. The maximum Gasteiger partial charge on any atom is 0.191 e. The maximum absolute atomic E-state index is 14.5. The van der Waals surface area contributed by atoms with Crippen molar-refractivity contribution in [3.05, 3.63) is 29.6 Å². The third-order valence-corrected chi connectivity index (χ3v) is 6.60. The number of benzene rings is 1. The molecule has 5 nitrogen and oxygen atoms in total. The topological polar surface area (TPSA) is 48.9 Å². The van der Waals surface area contributed by atoms with Crippen molar-refractivity contribution in [2.24, 2.45) is 4.99 Å². The van der Waals surface area contributed by atoms with E-state index in [9.17, 15) is 4.39 Å². The average Bonchev–Trinajstić information content (AvgIpc) is 3.12. The molecule has 2 fully saturated rings. The van der Waals surface area contributed by atoms with Crippen molar-refractivity contribution in [2.45, 2.75) is 38.0 Å². The summed E-state index contributed by atoms with van der Waals surface area (Å²) in [5.41, 5.74) is 1.53. The molecule has 0 aliphatic carbocycles. The summed E-state index contributed by atoms with van der Waals surface area (Å²) in [6, 6.07) is 5.43. The van der Waals surface area contributed by atoms with Gasteiger partial charge in [0.05, 0.1) is 25.4 Å². The van der Waals surface area contributed by atoms with Crippen molar-refractivity contribution < 1.29 is 9.13 Å². The molecule has 1 aromatic rings. The Hall–Kier alpha value is -0.740. The van der Waals surface area contributed by atoms with Gasteiger partial charge in [-0.2, -0.15) is 11.8 Å². The van der Waals surface area contributed by atoms with Gasteiger partial charge in [-0.05, 0) is 50.1 Å². The molecule has 158 valence electrons. The van der Waals surface area contributed by atoms with Gasteiger partial charge in [0.15, 0.2) is 5.96 Å². The highest BCUT2D eigenvalue weighted by Crippen LogP contribution is 2.36. The number of guanidine groups is 1. The third kappa shape index (κ3) is 6.66. The van der Waals surface area contributed by atoms with Gasteiger partial charge >= 0.3 is 0 Å². The first kappa shape index (κ1) is 23.5. The number of nitrogens with zero attached hydrogens (tertiary/aromatic N) is 2. The fourth-order valence-corrected chi connectivity index (χ4v) is 4.71. The van der Waals surface area contributed by atoms with E-state index in [0.29, 0.717) is 25.4 Å². The van der Waals surface area contributed by atoms with Crippen molar-refractivity contribution in [1.82, 2.24) is 10.6 Å². The number of morpholine rings is 1. The molecule has 1 atom stereocenters. The first-order valence-corrected chi connectivity index (χ1v) is 10.9. The van der Waals surface area contributed by atoms with E-state index in [0.717, 1.165) is 37.7 Å². The van der Waals surface area contributed by atoms with Gasteiger partial charge in [0.25, 0.3) is 0 Å². The van der Waals surface area contributed by atoms with Crippen LogP contribution in [-0.4, -0.2) is 55.9 Å². The number of hydrogen-bond donors (Lipinski definition) is 2. The van der Waals surface area contributed by atoms with Crippen LogP contribution in [0.4, 0.5) is 10.1 Å². The van der Waals surface area contributed by atoms with Crippen LogP contribution in [0.1, 0.15) is 32.3 Å².